The molecule has 12 N–H and O–H groups in total. The third-order valence-corrected chi connectivity index (χ3v) is 11.7. The number of benzene rings is 2. The Balaban J connectivity index is 2.86. The number of anilines is 4. The zero-order chi connectivity index (χ0) is 30.6. The van der Waals surface area contributed by atoms with Crippen molar-refractivity contribution < 1.29 is 34.8 Å². The average molecular weight is 1230 g/mol. The van der Waals surface area contributed by atoms with Gasteiger partial charge in [-0.1, -0.05) is 0 Å². The predicted octanol–water partition coefficient (Wildman–Crippen LogP) is 1.86. The lowest BCUT2D eigenvalue weighted by Crippen LogP contribution is -2.38. The Morgan fingerprint density at radius 1 is 0.675 bits per heavy atom. The number of primary amides is 1. The Labute approximate surface area is 310 Å². The molecule has 13 nitrogen and oxygen atoms in total. The lowest BCUT2D eigenvalue weighted by Gasteiger charge is -2.29. The zero-order valence-corrected chi connectivity index (χ0v) is 32.9. The number of urea groups is 1. The van der Waals surface area contributed by atoms with Crippen molar-refractivity contribution in [2.45, 2.75) is 12.2 Å². The number of nitrogen functional groups attached to an aromatic ring is 2. The van der Waals surface area contributed by atoms with Crippen LogP contribution in [0.3, 0.4) is 0 Å². The van der Waals surface area contributed by atoms with Gasteiger partial charge in [-0.15, -0.1) is 0 Å². The summed E-state index contributed by atoms with van der Waals surface area (Å²) in [5.74, 6) is -1.21. The number of halogens is 6. The molecule has 220 valence electrons. The van der Waals surface area contributed by atoms with Gasteiger partial charge >= 0.3 is 6.03 Å². The second kappa shape index (κ2) is 16.0. The number of nitrogens with two attached hydrogens (primary N) is 3. The molecule has 2 aromatic rings. The highest BCUT2D eigenvalue weighted by atomic mass is 127. The molecule has 2 unspecified atom stereocenters. The van der Waals surface area contributed by atoms with Crippen molar-refractivity contribution in [1.29, 1.82) is 0 Å². The quantitative estimate of drug-likeness (QED) is 0.125. The standard InChI is InChI=1S/C21H22I6N6O7/c22-9-7(19(38)31-1-5(36)3-34)11(24)17(13(26)15(9)28)33(21(30)40)18-12(25)8(10(23)16(29)14(18)27)20(39)32-2-6(37)4-35/h5-6,34-37H,1-4,28-29H2,(H2,30,40)(H,31,38)(H,32,39). The Hall–Kier alpha value is 0.470. The minimum atomic E-state index is -1.18. The van der Waals surface area contributed by atoms with E-state index in [-0.39, 0.29) is 47.0 Å². The summed E-state index contributed by atoms with van der Waals surface area (Å²) < 4.78 is 2.19. The van der Waals surface area contributed by atoms with E-state index in [1.54, 1.807) is 0 Å². The Morgan fingerprint density at radius 3 is 1.27 bits per heavy atom. The van der Waals surface area contributed by atoms with E-state index in [9.17, 15) is 24.6 Å². The van der Waals surface area contributed by atoms with Gasteiger partial charge in [0.25, 0.3) is 11.8 Å². The van der Waals surface area contributed by atoms with Gasteiger partial charge in [-0.3, -0.25) is 14.5 Å². The van der Waals surface area contributed by atoms with Crippen molar-refractivity contribution in [1.82, 2.24) is 10.6 Å². The van der Waals surface area contributed by atoms with Crippen LogP contribution >= 0.6 is 136 Å². The van der Waals surface area contributed by atoms with Crippen LogP contribution in [0, 0.1) is 21.4 Å². The van der Waals surface area contributed by atoms with Crippen LogP contribution in [0.2, 0.25) is 0 Å². The largest absolute Gasteiger partial charge is 0.397 e. The van der Waals surface area contributed by atoms with Crippen LogP contribution in [0.15, 0.2) is 0 Å². The van der Waals surface area contributed by atoms with E-state index < -0.39 is 43.3 Å². The molecule has 0 spiro atoms. The first-order valence-corrected chi connectivity index (χ1v) is 17.2. The number of rotatable bonds is 10. The van der Waals surface area contributed by atoms with Gasteiger partial charge in [0.1, 0.15) is 0 Å². The van der Waals surface area contributed by atoms with E-state index in [0.717, 1.165) is 4.90 Å². The molecule has 0 saturated heterocycles. The van der Waals surface area contributed by atoms with Crippen molar-refractivity contribution in [3.8, 4) is 0 Å². The van der Waals surface area contributed by atoms with Crippen molar-refractivity contribution >= 4 is 176 Å². The van der Waals surface area contributed by atoms with Gasteiger partial charge < -0.3 is 48.3 Å². The Kier molecular flexibility index (Phi) is 14.6. The maximum atomic E-state index is 13.2. The lowest BCUT2D eigenvalue weighted by atomic mass is 10.1. The first-order chi connectivity index (χ1) is 18.6. The molecule has 19 heteroatoms. The number of carbonyl (C=O) groups excluding carboxylic acids is 3. The zero-order valence-electron chi connectivity index (χ0n) is 19.9. The first kappa shape index (κ1) is 36.7. The molecule has 0 aliphatic heterocycles. The molecule has 0 radical (unpaired) electrons. The van der Waals surface area contributed by atoms with Crippen LogP contribution in [0.1, 0.15) is 20.7 Å². The van der Waals surface area contributed by atoms with Gasteiger partial charge in [-0.25, -0.2) is 4.79 Å². The fourth-order valence-electron chi connectivity index (χ4n) is 3.19. The van der Waals surface area contributed by atoms with Gasteiger partial charge in [-0.2, -0.15) is 0 Å². The SMILES string of the molecule is NC(=O)N(c1c(I)c(N)c(I)c(C(=O)NCC(O)CO)c1I)c1c(I)c(N)c(I)c(C(=O)NCC(O)CO)c1I. The summed E-state index contributed by atoms with van der Waals surface area (Å²) in [6, 6.07) is -0.947. The van der Waals surface area contributed by atoms with Crippen LogP contribution < -0.4 is 32.7 Å². The molecule has 0 aromatic heterocycles. The van der Waals surface area contributed by atoms with Crippen LogP contribution in [-0.4, -0.2) is 76.8 Å². The molecule has 0 saturated carbocycles. The third kappa shape index (κ3) is 7.94. The minimum Gasteiger partial charge on any atom is -0.397 e. The number of nitrogens with zero attached hydrogens (tertiary/aromatic N) is 1. The molecule has 4 amide bonds. The number of aliphatic hydroxyl groups excluding tert-OH is 4. The summed E-state index contributed by atoms with van der Waals surface area (Å²) in [5, 5.41) is 42.6. The van der Waals surface area contributed by atoms with Gasteiger partial charge in [-0.05, 0) is 136 Å². The maximum Gasteiger partial charge on any atom is 0.324 e. The fourth-order valence-corrected chi connectivity index (χ4v) is 11.5. The number of hydrogen-bond donors (Lipinski definition) is 9. The molecule has 0 bridgehead atoms. The fraction of sp³-hybridized carbons (Fsp3) is 0.286. The van der Waals surface area contributed by atoms with Crippen LogP contribution in [-0.2, 0) is 0 Å². The smallest absolute Gasteiger partial charge is 0.324 e. The van der Waals surface area contributed by atoms with E-state index in [4.69, 9.17) is 27.4 Å². The summed E-state index contributed by atoms with van der Waals surface area (Å²) in [7, 11) is 0. The van der Waals surface area contributed by atoms with Gasteiger partial charge in [0.15, 0.2) is 0 Å². The van der Waals surface area contributed by atoms with E-state index in [1.165, 1.54) is 0 Å². The van der Waals surface area contributed by atoms with Gasteiger partial charge in [0.05, 0.1) is 80.7 Å². The van der Waals surface area contributed by atoms with E-state index in [2.05, 4.69) is 10.6 Å². The summed E-state index contributed by atoms with van der Waals surface area (Å²) in [6.45, 7) is -1.56. The van der Waals surface area contributed by atoms with E-state index in [0.29, 0.717) is 21.4 Å². The normalized spacial score (nSPS) is 12.6. The van der Waals surface area contributed by atoms with Crippen molar-refractivity contribution in [3.63, 3.8) is 0 Å². The number of nitrogens with one attached hydrogen (secondary N) is 2. The Morgan fingerprint density at radius 2 is 1.00 bits per heavy atom. The molecule has 0 aliphatic carbocycles. The molecule has 40 heavy (non-hydrogen) atoms. The van der Waals surface area contributed by atoms with E-state index in [1.807, 2.05) is 136 Å². The highest BCUT2D eigenvalue weighted by molar-refractivity contribution is 14.1. The van der Waals surface area contributed by atoms with E-state index >= 15 is 0 Å². The molecular weight excluding hydrogens is 1210 g/mol. The number of hydrogen-bond acceptors (Lipinski definition) is 9. The molecule has 0 heterocycles. The summed E-state index contributed by atoms with van der Waals surface area (Å²) in [4.78, 5) is 40.5. The lowest BCUT2D eigenvalue weighted by molar-refractivity contribution is 0.0798. The number of amides is 4. The molecular formula is C21H22I6N6O7. The molecule has 2 atom stereocenters. The molecule has 2 aromatic carbocycles. The van der Waals surface area contributed by atoms with Crippen LogP contribution in [0.5, 0.6) is 0 Å². The minimum absolute atomic E-state index is 0.116. The van der Waals surface area contributed by atoms with Gasteiger partial charge in [0, 0.05) is 13.1 Å². The number of carbonyl (C=O) groups is 3. The monoisotopic (exact) mass is 1230 g/mol. The first-order valence-electron chi connectivity index (χ1n) is 10.8. The van der Waals surface area contributed by atoms with Crippen LogP contribution in [0.25, 0.3) is 0 Å². The summed E-state index contributed by atoms with van der Waals surface area (Å²) >= 11 is 11.5. The molecule has 0 aliphatic rings. The second-order valence-electron chi connectivity index (χ2n) is 7.92. The van der Waals surface area contributed by atoms with Crippen LogP contribution in [0.4, 0.5) is 27.5 Å². The van der Waals surface area contributed by atoms with Crippen molar-refractivity contribution in [2.75, 3.05) is 42.7 Å². The molecule has 0 fully saturated rings. The van der Waals surface area contributed by atoms with Gasteiger partial charge in [0.2, 0.25) is 0 Å². The average Bonchev–Trinajstić information content (AvgIpc) is 2.91. The third-order valence-electron chi connectivity index (χ3n) is 5.20. The Bertz CT molecular complexity index is 1260. The van der Waals surface area contributed by atoms with Crippen molar-refractivity contribution in [3.05, 3.63) is 32.5 Å². The molecule has 2 rings (SSSR count). The maximum absolute atomic E-state index is 13.2. The van der Waals surface area contributed by atoms with Crippen molar-refractivity contribution in [2.24, 2.45) is 5.73 Å². The summed E-state index contributed by atoms with van der Waals surface area (Å²) in [6.07, 6.45) is -2.36. The summed E-state index contributed by atoms with van der Waals surface area (Å²) in [5.41, 5.74) is 19.6. The predicted molar refractivity (Wildman–Crippen MR) is 201 cm³/mol. The highest BCUT2D eigenvalue weighted by Crippen LogP contribution is 2.46. The highest BCUT2D eigenvalue weighted by Gasteiger charge is 2.34. The topological polar surface area (TPSA) is 237 Å². The number of aliphatic hydroxyl groups is 4. The second-order valence-corrected chi connectivity index (χ2v) is 14.4.